The molecule has 24 heavy (non-hydrogen) atoms. The minimum atomic E-state index is -0.429. The smallest absolute Gasteiger partial charge is 0.319 e. The summed E-state index contributed by atoms with van der Waals surface area (Å²) >= 11 is 7.39. The minimum Gasteiger partial charge on any atom is -0.455 e. The van der Waals surface area contributed by atoms with Crippen molar-refractivity contribution < 1.29 is 14.3 Å². The predicted octanol–water partition coefficient (Wildman–Crippen LogP) is 4.31. The summed E-state index contributed by atoms with van der Waals surface area (Å²) in [5.74, 6) is -0.826. The lowest BCUT2D eigenvalue weighted by molar-refractivity contribution is -0.146. The molecule has 2 aromatic rings. The van der Waals surface area contributed by atoms with Crippen molar-refractivity contribution in [3.63, 3.8) is 0 Å². The zero-order chi connectivity index (χ0) is 17.5. The lowest BCUT2D eigenvalue weighted by Crippen LogP contribution is -2.25. The number of anilines is 1. The Labute approximate surface area is 150 Å². The van der Waals surface area contributed by atoms with Gasteiger partial charge in [0.05, 0.1) is 0 Å². The van der Waals surface area contributed by atoms with Gasteiger partial charge in [-0.3, -0.25) is 9.59 Å². The number of esters is 1. The van der Waals surface area contributed by atoms with E-state index in [-0.39, 0.29) is 6.61 Å². The topological polar surface area (TPSA) is 55.4 Å². The summed E-state index contributed by atoms with van der Waals surface area (Å²) in [6, 6.07) is 14.8. The van der Waals surface area contributed by atoms with Crippen LogP contribution in [0, 0.1) is 6.92 Å². The Morgan fingerprint density at radius 2 is 1.88 bits per heavy atom. The van der Waals surface area contributed by atoms with Crippen molar-refractivity contribution in [3.8, 4) is 0 Å². The average Bonchev–Trinajstić information content (AvgIpc) is 2.57. The van der Waals surface area contributed by atoms with Gasteiger partial charge in [0.2, 0.25) is 0 Å². The summed E-state index contributed by atoms with van der Waals surface area (Å²) in [4.78, 5) is 24.9. The molecule has 0 spiro atoms. The van der Waals surface area contributed by atoms with Crippen LogP contribution in [0.2, 0.25) is 5.02 Å². The monoisotopic (exact) mass is 363 g/mol. The molecule has 0 bridgehead atoms. The van der Waals surface area contributed by atoms with Crippen LogP contribution >= 0.6 is 23.4 Å². The molecule has 0 aromatic heterocycles. The van der Waals surface area contributed by atoms with Crippen LogP contribution in [0.5, 0.6) is 0 Å². The molecule has 0 saturated heterocycles. The fourth-order valence-electron chi connectivity index (χ4n) is 1.93. The Balaban J connectivity index is 1.82. The van der Waals surface area contributed by atoms with Crippen LogP contribution in [-0.4, -0.2) is 23.7 Å². The first-order chi connectivity index (χ1) is 11.5. The molecule has 6 heteroatoms. The highest BCUT2D eigenvalue weighted by atomic mass is 35.5. The second-order valence-corrected chi connectivity index (χ2v) is 6.96. The number of hydrogen-bond acceptors (Lipinski definition) is 4. The van der Waals surface area contributed by atoms with E-state index in [1.807, 2.05) is 37.3 Å². The Kier molecular flexibility index (Phi) is 6.70. The number of halogens is 1. The van der Waals surface area contributed by atoms with Crippen molar-refractivity contribution in [2.75, 3.05) is 11.9 Å². The maximum atomic E-state index is 12.0. The standard InChI is InChI=1S/C18H18ClNO3S/c1-12-15(19)9-6-10-16(12)20-17(21)11-23-18(22)13(2)24-14-7-4-3-5-8-14/h3-10,13H,11H2,1-2H3,(H,20,21)/t13-/m1/s1. The van der Waals surface area contributed by atoms with E-state index in [0.717, 1.165) is 10.5 Å². The van der Waals surface area contributed by atoms with Crippen LogP contribution in [0.15, 0.2) is 53.4 Å². The van der Waals surface area contributed by atoms with Gasteiger partial charge >= 0.3 is 5.97 Å². The maximum absolute atomic E-state index is 12.0. The zero-order valence-corrected chi connectivity index (χ0v) is 15.0. The number of benzene rings is 2. The van der Waals surface area contributed by atoms with Gasteiger partial charge in [-0.25, -0.2) is 0 Å². The van der Waals surface area contributed by atoms with E-state index in [1.165, 1.54) is 11.8 Å². The van der Waals surface area contributed by atoms with Crippen molar-refractivity contribution in [1.82, 2.24) is 0 Å². The summed E-state index contributed by atoms with van der Waals surface area (Å²) in [6.45, 7) is 3.23. The Morgan fingerprint density at radius 1 is 1.17 bits per heavy atom. The van der Waals surface area contributed by atoms with Gasteiger partial charge in [0.15, 0.2) is 6.61 Å². The first-order valence-corrected chi connectivity index (χ1v) is 8.66. The molecule has 2 aromatic carbocycles. The third kappa shape index (κ3) is 5.28. The number of hydrogen-bond donors (Lipinski definition) is 1. The Hall–Kier alpha value is -1.98. The summed E-state index contributed by atoms with van der Waals surface area (Å²) in [5.41, 5.74) is 1.38. The molecule has 0 saturated carbocycles. The molecule has 0 aliphatic rings. The largest absolute Gasteiger partial charge is 0.455 e. The number of nitrogens with one attached hydrogen (secondary N) is 1. The van der Waals surface area contributed by atoms with Crippen molar-refractivity contribution in [3.05, 3.63) is 59.1 Å². The van der Waals surface area contributed by atoms with E-state index in [2.05, 4.69) is 5.32 Å². The Morgan fingerprint density at radius 3 is 2.58 bits per heavy atom. The highest BCUT2D eigenvalue weighted by molar-refractivity contribution is 8.00. The fourth-order valence-corrected chi connectivity index (χ4v) is 3.00. The van der Waals surface area contributed by atoms with Gasteiger partial charge in [-0.05, 0) is 43.7 Å². The minimum absolute atomic E-state index is 0.329. The molecule has 1 amide bonds. The molecule has 0 heterocycles. The van der Waals surface area contributed by atoms with Gasteiger partial charge < -0.3 is 10.1 Å². The average molecular weight is 364 g/mol. The van der Waals surface area contributed by atoms with Gasteiger partial charge in [-0.1, -0.05) is 35.9 Å². The van der Waals surface area contributed by atoms with Gasteiger partial charge in [0, 0.05) is 15.6 Å². The third-order valence-electron chi connectivity index (χ3n) is 3.28. The molecule has 1 N–H and O–H groups in total. The number of rotatable bonds is 6. The summed E-state index contributed by atoms with van der Waals surface area (Å²) in [6.07, 6.45) is 0. The predicted molar refractivity (Wildman–Crippen MR) is 97.5 cm³/mol. The van der Waals surface area contributed by atoms with Crippen LogP contribution in [0.3, 0.4) is 0 Å². The first kappa shape index (κ1) is 18.4. The van der Waals surface area contributed by atoms with E-state index < -0.39 is 17.1 Å². The fraction of sp³-hybridized carbons (Fsp3) is 0.222. The van der Waals surface area contributed by atoms with E-state index >= 15 is 0 Å². The van der Waals surface area contributed by atoms with E-state index in [9.17, 15) is 9.59 Å². The molecule has 1 atom stereocenters. The maximum Gasteiger partial charge on any atom is 0.319 e. The summed E-state index contributed by atoms with van der Waals surface area (Å²) in [5, 5.41) is 2.86. The third-order valence-corrected chi connectivity index (χ3v) is 4.78. The van der Waals surface area contributed by atoms with Crippen molar-refractivity contribution in [2.45, 2.75) is 24.0 Å². The van der Waals surface area contributed by atoms with Crippen LogP contribution < -0.4 is 5.32 Å². The number of amides is 1. The van der Waals surface area contributed by atoms with Crippen LogP contribution in [-0.2, 0) is 14.3 Å². The van der Waals surface area contributed by atoms with Gasteiger partial charge in [0.25, 0.3) is 5.91 Å². The second kappa shape index (κ2) is 8.76. The highest BCUT2D eigenvalue weighted by Gasteiger charge is 2.17. The van der Waals surface area contributed by atoms with Crippen LogP contribution in [0.25, 0.3) is 0 Å². The number of carbonyl (C=O) groups is 2. The molecule has 0 aliphatic carbocycles. The molecule has 0 fully saturated rings. The number of ether oxygens (including phenoxy) is 1. The second-order valence-electron chi connectivity index (χ2n) is 5.14. The molecule has 0 radical (unpaired) electrons. The number of thioether (sulfide) groups is 1. The van der Waals surface area contributed by atoms with E-state index in [4.69, 9.17) is 16.3 Å². The molecule has 0 unspecified atom stereocenters. The quantitative estimate of drug-likeness (QED) is 0.613. The van der Waals surface area contributed by atoms with Crippen LogP contribution in [0.4, 0.5) is 5.69 Å². The molecule has 4 nitrogen and oxygen atoms in total. The molecular weight excluding hydrogens is 346 g/mol. The highest BCUT2D eigenvalue weighted by Crippen LogP contribution is 2.24. The van der Waals surface area contributed by atoms with Gasteiger partial charge in [-0.15, -0.1) is 11.8 Å². The van der Waals surface area contributed by atoms with Crippen molar-refractivity contribution in [2.24, 2.45) is 0 Å². The SMILES string of the molecule is Cc1c(Cl)cccc1NC(=O)COC(=O)[C@@H](C)Sc1ccccc1. The summed E-state index contributed by atoms with van der Waals surface area (Å²) in [7, 11) is 0. The first-order valence-electron chi connectivity index (χ1n) is 7.40. The van der Waals surface area contributed by atoms with Crippen molar-refractivity contribution in [1.29, 1.82) is 0 Å². The molecule has 0 aliphatic heterocycles. The Bertz CT molecular complexity index is 721. The van der Waals surface area contributed by atoms with Crippen molar-refractivity contribution >= 4 is 40.9 Å². The lowest BCUT2D eigenvalue weighted by atomic mass is 10.2. The molecule has 126 valence electrons. The molecular formula is C18H18ClNO3S. The van der Waals surface area contributed by atoms with Gasteiger partial charge in [-0.2, -0.15) is 0 Å². The lowest BCUT2D eigenvalue weighted by Gasteiger charge is -2.12. The normalized spacial score (nSPS) is 11.6. The zero-order valence-electron chi connectivity index (χ0n) is 13.4. The van der Waals surface area contributed by atoms with Gasteiger partial charge in [0.1, 0.15) is 5.25 Å². The van der Waals surface area contributed by atoms with E-state index in [0.29, 0.717) is 10.7 Å². The van der Waals surface area contributed by atoms with Crippen LogP contribution in [0.1, 0.15) is 12.5 Å². The summed E-state index contributed by atoms with van der Waals surface area (Å²) < 4.78 is 5.08. The molecule has 2 rings (SSSR count). The van der Waals surface area contributed by atoms with E-state index in [1.54, 1.807) is 25.1 Å². The number of carbonyl (C=O) groups excluding carboxylic acids is 2.